The van der Waals surface area contributed by atoms with Crippen LogP contribution in [0.4, 0.5) is 0 Å². The minimum Gasteiger partial charge on any atom is -0.496 e. The predicted octanol–water partition coefficient (Wildman–Crippen LogP) is 1.63. The van der Waals surface area contributed by atoms with Crippen molar-refractivity contribution in [3.8, 4) is 17.1 Å². The molecule has 1 aromatic carbocycles. The summed E-state index contributed by atoms with van der Waals surface area (Å²) in [5.41, 5.74) is 0.829. The van der Waals surface area contributed by atoms with Crippen molar-refractivity contribution < 1.29 is 14.4 Å². The Labute approximate surface area is 148 Å². The van der Waals surface area contributed by atoms with Crippen molar-refractivity contribution in [2.75, 3.05) is 33.3 Å². The van der Waals surface area contributed by atoms with Crippen molar-refractivity contribution in [2.24, 2.45) is 0 Å². The van der Waals surface area contributed by atoms with Crippen LogP contribution in [-0.4, -0.2) is 70.5 Å². The Balaban J connectivity index is 1.63. The van der Waals surface area contributed by atoms with E-state index in [9.17, 15) is 5.11 Å². The van der Waals surface area contributed by atoms with Gasteiger partial charge in [0.05, 0.1) is 25.3 Å². The zero-order valence-corrected chi connectivity index (χ0v) is 15.1. The van der Waals surface area contributed by atoms with Crippen LogP contribution in [0.2, 0.25) is 0 Å². The Bertz CT molecular complexity index is 688. The first-order valence-electron chi connectivity index (χ1n) is 8.67. The molecule has 0 amide bonds. The van der Waals surface area contributed by atoms with Crippen molar-refractivity contribution in [2.45, 2.75) is 32.5 Å². The van der Waals surface area contributed by atoms with Gasteiger partial charge < -0.3 is 14.4 Å². The molecule has 7 heteroatoms. The van der Waals surface area contributed by atoms with E-state index >= 15 is 0 Å². The number of benzene rings is 1. The number of β-amino-alcohol motifs (C(OH)–C–C–N with tert-alkyl or cyclic N) is 1. The second-order valence-corrected chi connectivity index (χ2v) is 6.64. The molecule has 136 valence electrons. The molecule has 1 aliphatic rings. The third-order valence-electron chi connectivity index (χ3n) is 4.52. The highest BCUT2D eigenvalue weighted by Crippen LogP contribution is 2.27. The Hall–Kier alpha value is -1.96. The van der Waals surface area contributed by atoms with Crippen LogP contribution in [0, 0.1) is 0 Å². The summed E-state index contributed by atoms with van der Waals surface area (Å²) in [6, 6.07) is 8.03. The van der Waals surface area contributed by atoms with E-state index in [1.165, 1.54) is 0 Å². The highest BCUT2D eigenvalue weighted by Gasteiger charge is 2.25. The van der Waals surface area contributed by atoms with Gasteiger partial charge in [0.2, 0.25) is 11.7 Å². The van der Waals surface area contributed by atoms with Gasteiger partial charge in [-0.05, 0) is 26.0 Å². The summed E-state index contributed by atoms with van der Waals surface area (Å²) in [4.78, 5) is 9.15. The van der Waals surface area contributed by atoms with Crippen molar-refractivity contribution in [3.63, 3.8) is 0 Å². The lowest BCUT2D eigenvalue weighted by atomic mass is 10.1. The summed E-state index contributed by atoms with van der Waals surface area (Å²) in [7, 11) is 1.63. The van der Waals surface area contributed by atoms with Crippen molar-refractivity contribution in [3.05, 3.63) is 30.2 Å². The Morgan fingerprint density at radius 3 is 2.88 bits per heavy atom. The number of para-hydroxylation sites is 1. The molecule has 0 aliphatic carbocycles. The summed E-state index contributed by atoms with van der Waals surface area (Å²) in [5, 5.41) is 13.7. The first kappa shape index (κ1) is 17.8. The van der Waals surface area contributed by atoms with E-state index in [2.05, 4.69) is 26.9 Å². The Kier molecular flexibility index (Phi) is 5.67. The SMILES string of the molecule is COc1ccccc1-c1noc(CN2CCN(CC(C)O)C(C)C2)n1. The molecule has 1 saturated heterocycles. The number of ether oxygens (including phenoxy) is 1. The topological polar surface area (TPSA) is 74.9 Å². The van der Waals surface area contributed by atoms with Gasteiger partial charge in [-0.2, -0.15) is 4.98 Å². The molecular formula is C18H26N4O3. The average molecular weight is 346 g/mol. The third kappa shape index (κ3) is 4.36. The van der Waals surface area contributed by atoms with E-state index in [1.807, 2.05) is 31.2 Å². The molecular weight excluding hydrogens is 320 g/mol. The lowest BCUT2D eigenvalue weighted by Crippen LogP contribution is -2.53. The van der Waals surface area contributed by atoms with E-state index < -0.39 is 0 Å². The molecule has 0 spiro atoms. The Morgan fingerprint density at radius 1 is 1.36 bits per heavy atom. The quantitative estimate of drug-likeness (QED) is 0.852. The molecule has 2 heterocycles. The standard InChI is InChI=1S/C18H26N4O3/c1-13-10-21(8-9-22(13)11-14(2)23)12-17-19-18(20-25-17)15-6-4-5-7-16(15)24-3/h4-7,13-14,23H,8-12H2,1-3H3. The maximum absolute atomic E-state index is 9.58. The lowest BCUT2D eigenvalue weighted by molar-refractivity contribution is 0.0385. The van der Waals surface area contributed by atoms with Gasteiger partial charge >= 0.3 is 0 Å². The van der Waals surface area contributed by atoms with Crippen molar-refractivity contribution in [1.29, 1.82) is 0 Å². The van der Waals surface area contributed by atoms with Gasteiger partial charge in [0.1, 0.15) is 5.75 Å². The van der Waals surface area contributed by atoms with E-state index in [4.69, 9.17) is 9.26 Å². The van der Waals surface area contributed by atoms with Gasteiger partial charge in [-0.25, -0.2) is 0 Å². The molecule has 0 saturated carbocycles. The molecule has 0 bridgehead atoms. The number of rotatable bonds is 6. The van der Waals surface area contributed by atoms with E-state index in [0.717, 1.165) is 30.9 Å². The zero-order valence-electron chi connectivity index (χ0n) is 15.1. The second kappa shape index (κ2) is 7.95. The van der Waals surface area contributed by atoms with Gasteiger partial charge in [0.15, 0.2) is 0 Å². The molecule has 1 aromatic heterocycles. The van der Waals surface area contributed by atoms with Crippen LogP contribution in [0.5, 0.6) is 5.75 Å². The summed E-state index contributed by atoms with van der Waals surface area (Å²) in [6.07, 6.45) is -0.298. The highest BCUT2D eigenvalue weighted by molar-refractivity contribution is 5.63. The van der Waals surface area contributed by atoms with Crippen LogP contribution in [0.25, 0.3) is 11.4 Å². The molecule has 1 fully saturated rings. The predicted molar refractivity (Wildman–Crippen MR) is 94.3 cm³/mol. The molecule has 2 unspecified atom stereocenters. The number of methoxy groups -OCH3 is 1. The number of piperazine rings is 1. The van der Waals surface area contributed by atoms with Crippen LogP contribution in [0.15, 0.2) is 28.8 Å². The summed E-state index contributed by atoms with van der Waals surface area (Å²) in [6.45, 7) is 8.13. The molecule has 7 nitrogen and oxygen atoms in total. The maximum Gasteiger partial charge on any atom is 0.241 e. The first-order chi connectivity index (χ1) is 12.1. The van der Waals surface area contributed by atoms with E-state index in [-0.39, 0.29) is 6.10 Å². The number of aliphatic hydroxyl groups excluding tert-OH is 1. The van der Waals surface area contributed by atoms with Crippen LogP contribution in [0.3, 0.4) is 0 Å². The fraction of sp³-hybridized carbons (Fsp3) is 0.556. The molecule has 2 aromatic rings. The maximum atomic E-state index is 9.58. The lowest BCUT2D eigenvalue weighted by Gasteiger charge is -2.39. The minimum absolute atomic E-state index is 0.298. The largest absolute Gasteiger partial charge is 0.496 e. The summed E-state index contributed by atoms with van der Waals surface area (Å²) in [5.74, 6) is 1.89. The van der Waals surface area contributed by atoms with Crippen LogP contribution in [-0.2, 0) is 6.54 Å². The number of hydrogen-bond donors (Lipinski definition) is 1. The molecule has 1 aliphatic heterocycles. The van der Waals surface area contributed by atoms with Gasteiger partial charge in [-0.1, -0.05) is 17.3 Å². The fourth-order valence-electron chi connectivity index (χ4n) is 3.27. The van der Waals surface area contributed by atoms with Crippen molar-refractivity contribution >= 4 is 0 Å². The Morgan fingerprint density at radius 2 is 2.16 bits per heavy atom. The molecule has 25 heavy (non-hydrogen) atoms. The second-order valence-electron chi connectivity index (χ2n) is 6.64. The molecule has 2 atom stereocenters. The molecule has 3 rings (SSSR count). The van der Waals surface area contributed by atoms with Crippen LogP contribution in [0.1, 0.15) is 19.7 Å². The third-order valence-corrected chi connectivity index (χ3v) is 4.52. The van der Waals surface area contributed by atoms with Gasteiger partial charge in [0.25, 0.3) is 0 Å². The number of nitrogens with zero attached hydrogens (tertiary/aromatic N) is 4. The summed E-state index contributed by atoms with van der Waals surface area (Å²) < 4.78 is 10.8. The van der Waals surface area contributed by atoms with E-state index in [0.29, 0.717) is 30.8 Å². The van der Waals surface area contributed by atoms with Gasteiger partial charge in [-0.3, -0.25) is 9.80 Å². The first-order valence-corrected chi connectivity index (χ1v) is 8.67. The van der Waals surface area contributed by atoms with Gasteiger partial charge in [0, 0.05) is 32.2 Å². The van der Waals surface area contributed by atoms with E-state index in [1.54, 1.807) is 7.11 Å². The average Bonchev–Trinajstić information content (AvgIpc) is 3.05. The van der Waals surface area contributed by atoms with Crippen LogP contribution >= 0.6 is 0 Å². The number of aliphatic hydroxyl groups is 1. The van der Waals surface area contributed by atoms with Crippen LogP contribution < -0.4 is 4.74 Å². The number of aromatic nitrogens is 2. The normalized spacial score (nSPS) is 20.6. The fourth-order valence-corrected chi connectivity index (χ4v) is 3.27. The monoisotopic (exact) mass is 346 g/mol. The van der Waals surface area contributed by atoms with Crippen molar-refractivity contribution in [1.82, 2.24) is 19.9 Å². The molecule has 1 N–H and O–H groups in total. The highest BCUT2D eigenvalue weighted by atomic mass is 16.5. The van der Waals surface area contributed by atoms with Gasteiger partial charge in [-0.15, -0.1) is 0 Å². The zero-order chi connectivity index (χ0) is 17.8. The summed E-state index contributed by atoms with van der Waals surface area (Å²) >= 11 is 0. The smallest absolute Gasteiger partial charge is 0.241 e. The molecule has 0 radical (unpaired) electrons. The number of hydrogen-bond acceptors (Lipinski definition) is 7. The minimum atomic E-state index is -0.298.